The molecule has 5 N–H and O–H groups in total. The molecule has 0 saturated carbocycles. The first-order chi connectivity index (χ1) is 17.4. The number of carbonyl (C=O) groups is 1. The number of nitrogens with zero attached hydrogens (tertiary/aromatic N) is 4. The quantitative estimate of drug-likeness (QED) is 0.232. The summed E-state index contributed by atoms with van der Waals surface area (Å²) in [6, 6.07) is 19.3. The van der Waals surface area contributed by atoms with Crippen LogP contribution in [0.15, 0.2) is 77.0 Å². The van der Waals surface area contributed by atoms with Crippen molar-refractivity contribution in [2.24, 2.45) is 10.2 Å². The van der Waals surface area contributed by atoms with Crippen LogP contribution in [-0.4, -0.2) is 38.0 Å². The number of aromatic hydroxyl groups is 1. The van der Waals surface area contributed by atoms with Gasteiger partial charge in [0.1, 0.15) is 17.7 Å². The van der Waals surface area contributed by atoms with Gasteiger partial charge in [0.2, 0.25) is 10.0 Å². The highest BCUT2D eigenvalue weighted by molar-refractivity contribution is 8.24. The lowest BCUT2D eigenvalue weighted by Gasteiger charge is -2.36. The number of rotatable bonds is 5. The number of hydrogen-bond donors (Lipinski definition) is 5. The molecule has 194 valence electrons. The smallest absolute Gasteiger partial charge is 0.360 e. The van der Waals surface area contributed by atoms with Gasteiger partial charge in [-0.3, -0.25) is 18.2 Å². The van der Waals surface area contributed by atoms with Crippen molar-refractivity contribution in [3.05, 3.63) is 89.0 Å². The van der Waals surface area contributed by atoms with Crippen molar-refractivity contribution in [2.75, 3.05) is 10.8 Å². The van der Waals surface area contributed by atoms with E-state index in [0.29, 0.717) is 17.7 Å². The monoisotopic (exact) mass is 524 g/mol. The third-order valence-corrected chi connectivity index (χ3v) is 7.47. The third-order valence-electron chi connectivity index (χ3n) is 5.92. The molecule has 1 fully saturated rings. The Labute approximate surface area is 216 Å². The first kappa shape index (κ1) is 26.5. The van der Waals surface area contributed by atoms with E-state index in [1.807, 2.05) is 24.3 Å². The number of phenolic OH excluding ortho intramolecular Hbond substituents is 1. The van der Waals surface area contributed by atoms with Gasteiger partial charge in [0.15, 0.2) is 10.8 Å². The zero-order chi connectivity index (χ0) is 26.8. The van der Waals surface area contributed by atoms with Crippen molar-refractivity contribution in [2.45, 2.75) is 38.8 Å². The molecule has 0 aromatic heterocycles. The van der Waals surface area contributed by atoms with Crippen LogP contribution >= 0.6 is 11.0 Å². The van der Waals surface area contributed by atoms with Crippen LogP contribution in [0.4, 0.5) is 11.4 Å². The van der Waals surface area contributed by atoms with Gasteiger partial charge in [0.05, 0.1) is 6.54 Å². The minimum Gasteiger partial charge on any atom is -0.506 e. The Morgan fingerprint density at radius 2 is 1.81 bits per heavy atom. The molecule has 11 heteroatoms. The first-order valence-electron chi connectivity index (χ1n) is 11.6. The highest BCUT2D eigenvalue weighted by atomic mass is 32.3. The molecule has 1 aliphatic rings. The average molecular weight is 525 g/mol. The Hall–Kier alpha value is -3.57. The molecule has 1 unspecified atom stereocenters. The zero-order valence-electron chi connectivity index (χ0n) is 20.7. The van der Waals surface area contributed by atoms with Crippen molar-refractivity contribution in [1.29, 1.82) is 0 Å². The van der Waals surface area contributed by atoms with Crippen molar-refractivity contribution in [3.8, 4) is 5.75 Å². The Morgan fingerprint density at radius 1 is 1.11 bits per heavy atom. The van der Waals surface area contributed by atoms with Crippen LogP contribution in [0.1, 0.15) is 47.8 Å². The second-order valence-corrected chi connectivity index (χ2v) is 11.5. The molecule has 0 aliphatic carbocycles. The number of aliphatic hydroxyl groups is 1. The molecule has 1 amide bonds. The number of β-amino-alcohol motifs (C(OH)–C–C–N with tert-alkyl or cyclic N) is 1. The van der Waals surface area contributed by atoms with Crippen LogP contribution in [0.3, 0.4) is 0 Å². The summed E-state index contributed by atoms with van der Waals surface area (Å²) in [6.45, 7) is 6.21. The highest BCUT2D eigenvalue weighted by Gasteiger charge is 2.36. The average Bonchev–Trinajstić information content (AvgIpc) is 3.11. The van der Waals surface area contributed by atoms with E-state index in [4.69, 9.17) is 0 Å². The standard InChI is InChI=1S/C26H29N5O5S/c1-26(2,3)20-11-9-18(10-12-20)25(34)28-30-27-21-7-5-4-6-19(21)14-17-8-13-22(23(32)15-17)31-16-24(33)29-37(31,35)36/h4-13,15,24,29,33H,14,16H2,1-3H3,(H2-,32,35,36)/p+1. The summed E-state index contributed by atoms with van der Waals surface area (Å²) in [7, 11) is -3.43. The van der Waals surface area contributed by atoms with Gasteiger partial charge in [-0.2, -0.15) is 4.72 Å². The first-order valence-corrected chi connectivity index (χ1v) is 13.1. The molecule has 0 spiro atoms. The van der Waals surface area contributed by atoms with Crippen LogP contribution in [-0.2, 0) is 11.8 Å². The SMILES string of the molecule is CC(C)(C)c1ccc(C(=O)N=[N+]=Nc2ccccc2Cc2ccc(N3CC(O)NS3(O)O)c(O)c2)cc1. The summed E-state index contributed by atoms with van der Waals surface area (Å²) >= 11 is 0. The van der Waals surface area contributed by atoms with Crippen molar-refractivity contribution >= 4 is 28.2 Å². The second kappa shape index (κ2) is 10.4. The number of phenols is 1. The van der Waals surface area contributed by atoms with E-state index in [9.17, 15) is 24.1 Å². The van der Waals surface area contributed by atoms with Gasteiger partial charge in [-0.05, 0) is 58.9 Å². The maximum atomic E-state index is 12.4. The number of anilines is 1. The Morgan fingerprint density at radius 3 is 2.43 bits per heavy atom. The summed E-state index contributed by atoms with van der Waals surface area (Å²) in [5.41, 5.74) is 3.75. The minimum absolute atomic E-state index is 0.0174. The molecule has 37 heavy (non-hydrogen) atoms. The summed E-state index contributed by atoms with van der Waals surface area (Å²) in [5.74, 6) is -0.653. The maximum absolute atomic E-state index is 12.4. The lowest BCUT2D eigenvalue weighted by atomic mass is 9.87. The lowest BCUT2D eigenvalue weighted by Crippen LogP contribution is -2.25. The minimum atomic E-state index is -3.43. The number of carbonyl (C=O) groups excluding carboxylic acids is 1. The van der Waals surface area contributed by atoms with E-state index in [1.165, 1.54) is 6.07 Å². The van der Waals surface area contributed by atoms with Crippen molar-refractivity contribution < 1.29 is 24.1 Å². The molecule has 1 heterocycles. The highest BCUT2D eigenvalue weighted by Crippen LogP contribution is 2.49. The summed E-state index contributed by atoms with van der Waals surface area (Å²) in [4.78, 5) is 16.2. The number of hydrogen-bond acceptors (Lipinski definition) is 8. The number of amides is 1. The normalized spacial score (nSPS) is 17.7. The molecule has 1 saturated heterocycles. The lowest BCUT2D eigenvalue weighted by molar-refractivity contribution is 0.0992. The van der Waals surface area contributed by atoms with Gasteiger partial charge >= 0.3 is 5.91 Å². The van der Waals surface area contributed by atoms with E-state index < -0.39 is 23.1 Å². The summed E-state index contributed by atoms with van der Waals surface area (Å²) < 4.78 is 23.6. The Bertz CT molecular complexity index is 1360. The molecule has 10 nitrogen and oxygen atoms in total. The number of nitrogens with one attached hydrogen (secondary N) is 1. The molecule has 1 atom stereocenters. The largest absolute Gasteiger partial charge is 0.506 e. The van der Waals surface area contributed by atoms with Gasteiger partial charge < -0.3 is 10.2 Å². The zero-order valence-corrected chi connectivity index (χ0v) is 21.6. The molecular formula is C26H30N5O5S+. The van der Waals surface area contributed by atoms with Crippen LogP contribution in [0.2, 0.25) is 0 Å². The van der Waals surface area contributed by atoms with Gasteiger partial charge in [0, 0.05) is 5.56 Å². The van der Waals surface area contributed by atoms with Crippen LogP contribution in [0.5, 0.6) is 5.75 Å². The fourth-order valence-corrected chi connectivity index (χ4v) is 5.27. The van der Waals surface area contributed by atoms with Gasteiger partial charge in [-0.1, -0.05) is 68.1 Å². The van der Waals surface area contributed by atoms with Crippen molar-refractivity contribution in [3.63, 3.8) is 0 Å². The fraction of sp³-hybridized carbons (Fsp3) is 0.269. The predicted molar refractivity (Wildman–Crippen MR) is 143 cm³/mol. The van der Waals surface area contributed by atoms with Gasteiger partial charge in [0.25, 0.3) is 0 Å². The van der Waals surface area contributed by atoms with E-state index in [0.717, 1.165) is 21.0 Å². The predicted octanol–water partition coefficient (Wildman–Crippen LogP) is 5.03. The summed E-state index contributed by atoms with van der Waals surface area (Å²) in [5, 5.41) is 28.1. The van der Waals surface area contributed by atoms with E-state index in [2.05, 4.69) is 40.6 Å². The van der Waals surface area contributed by atoms with Gasteiger partial charge in [-0.25, -0.2) is 0 Å². The number of benzene rings is 3. The van der Waals surface area contributed by atoms with E-state index in [-0.39, 0.29) is 23.4 Å². The van der Waals surface area contributed by atoms with E-state index in [1.54, 1.807) is 36.4 Å². The summed E-state index contributed by atoms with van der Waals surface area (Å²) in [6.07, 6.45) is -0.732. The molecule has 4 rings (SSSR count). The van der Waals surface area contributed by atoms with Crippen molar-refractivity contribution in [1.82, 2.24) is 9.63 Å². The topological polar surface area (TPSA) is 152 Å². The Kier molecular flexibility index (Phi) is 7.47. The molecule has 1 aliphatic heterocycles. The van der Waals surface area contributed by atoms with Crippen LogP contribution in [0.25, 0.3) is 0 Å². The fourth-order valence-electron chi connectivity index (χ4n) is 3.93. The molecule has 0 radical (unpaired) electrons. The Balaban J connectivity index is 1.50. The van der Waals surface area contributed by atoms with Crippen LogP contribution in [0, 0.1) is 0 Å². The molecule has 3 aromatic rings. The number of aliphatic hydroxyl groups excluding tert-OH is 1. The second-order valence-electron chi connectivity index (χ2n) is 9.76. The van der Waals surface area contributed by atoms with E-state index >= 15 is 0 Å². The third kappa shape index (κ3) is 6.23. The van der Waals surface area contributed by atoms with Crippen LogP contribution < -0.4 is 13.9 Å². The molecule has 0 bridgehead atoms. The molecular weight excluding hydrogens is 494 g/mol. The van der Waals surface area contributed by atoms with Gasteiger partial charge in [-0.15, -0.1) is 0 Å². The maximum Gasteiger partial charge on any atom is 0.360 e. The molecule has 3 aromatic carbocycles.